The molecule has 2 aromatic carbocycles. The van der Waals surface area contributed by atoms with Crippen molar-refractivity contribution >= 4 is 11.6 Å². The van der Waals surface area contributed by atoms with Gasteiger partial charge in [-0.3, -0.25) is 14.9 Å². The minimum Gasteiger partial charge on any atom is -0.475 e. The summed E-state index contributed by atoms with van der Waals surface area (Å²) >= 11 is 0. The van der Waals surface area contributed by atoms with Crippen LogP contribution in [0.3, 0.4) is 0 Å². The van der Waals surface area contributed by atoms with Crippen molar-refractivity contribution in [3.05, 3.63) is 81.9 Å². The van der Waals surface area contributed by atoms with E-state index in [0.717, 1.165) is 11.3 Å². The highest BCUT2D eigenvalue weighted by Gasteiger charge is 2.11. The molecule has 8 heteroatoms. The SMILES string of the molecule is Cc1ccc(-c2ccc(OCCNC(=O)c3cccc([N+](=O)[O-])c3)nn2)cc1. The molecule has 3 aromatic rings. The number of ether oxygens (including phenoxy) is 1. The van der Waals surface area contributed by atoms with Crippen molar-refractivity contribution in [3.8, 4) is 17.1 Å². The molecular weight excluding hydrogens is 360 g/mol. The van der Waals surface area contributed by atoms with Crippen LogP contribution in [0.4, 0.5) is 5.69 Å². The number of carbonyl (C=O) groups excluding carboxylic acids is 1. The molecule has 3 rings (SSSR count). The van der Waals surface area contributed by atoms with E-state index < -0.39 is 10.8 Å². The van der Waals surface area contributed by atoms with Crippen molar-refractivity contribution in [1.29, 1.82) is 0 Å². The third kappa shape index (κ3) is 4.88. The van der Waals surface area contributed by atoms with Crippen LogP contribution in [-0.2, 0) is 0 Å². The number of hydrogen-bond acceptors (Lipinski definition) is 6. The molecule has 1 N–H and O–H groups in total. The van der Waals surface area contributed by atoms with E-state index in [1.54, 1.807) is 6.07 Å². The van der Waals surface area contributed by atoms with Crippen LogP contribution in [0.15, 0.2) is 60.7 Å². The molecule has 0 bridgehead atoms. The number of nitrogens with zero attached hydrogens (tertiary/aromatic N) is 3. The van der Waals surface area contributed by atoms with Crippen molar-refractivity contribution in [2.45, 2.75) is 6.92 Å². The van der Waals surface area contributed by atoms with Gasteiger partial charge in [-0.05, 0) is 19.1 Å². The Morgan fingerprint density at radius 3 is 2.57 bits per heavy atom. The Morgan fingerprint density at radius 1 is 1.11 bits per heavy atom. The molecule has 0 saturated heterocycles. The van der Waals surface area contributed by atoms with Crippen LogP contribution in [0, 0.1) is 17.0 Å². The van der Waals surface area contributed by atoms with E-state index in [1.165, 1.54) is 29.8 Å². The number of carbonyl (C=O) groups is 1. The third-order valence-electron chi connectivity index (χ3n) is 3.94. The molecule has 0 fully saturated rings. The van der Waals surface area contributed by atoms with Gasteiger partial charge in [-0.25, -0.2) is 0 Å². The summed E-state index contributed by atoms with van der Waals surface area (Å²) in [4.78, 5) is 22.3. The van der Waals surface area contributed by atoms with Crippen LogP contribution >= 0.6 is 0 Å². The Morgan fingerprint density at radius 2 is 1.89 bits per heavy atom. The molecule has 0 aliphatic carbocycles. The molecule has 142 valence electrons. The second-order valence-electron chi connectivity index (χ2n) is 6.03. The fourth-order valence-corrected chi connectivity index (χ4v) is 2.46. The first-order valence-electron chi connectivity index (χ1n) is 8.59. The van der Waals surface area contributed by atoms with Crippen molar-refractivity contribution in [1.82, 2.24) is 15.5 Å². The minimum atomic E-state index is -0.543. The smallest absolute Gasteiger partial charge is 0.270 e. The number of nitrogens with one attached hydrogen (secondary N) is 1. The maximum absolute atomic E-state index is 12.0. The van der Waals surface area contributed by atoms with Gasteiger partial charge in [0, 0.05) is 29.3 Å². The van der Waals surface area contributed by atoms with Gasteiger partial charge >= 0.3 is 0 Å². The summed E-state index contributed by atoms with van der Waals surface area (Å²) < 4.78 is 5.47. The predicted molar refractivity (Wildman–Crippen MR) is 103 cm³/mol. The van der Waals surface area contributed by atoms with Crippen LogP contribution in [0.1, 0.15) is 15.9 Å². The number of hydrogen-bond donors (Lipinski definition) is 1. The van der Waals surface area contributed by atoms with Crippen molar-refractivity contribution in [3.63, 3.8) is 0 Å². The maximum Gasteiger partial charge on any atom is 0.270 e. The van der Waals surface area contributed by atoms with E-state index in [9.17, 15) is 14.9 Å². The number of rotatable bonds is 7. The summed E-state index contributed by atoms with van der Waals surface area (Å²) in [5, 5.41) is 21.6. The summed E-state index contributed by atoms with van der Waals surface area (Å²) in [5.74, 6) is -0.0615. The Balaban J connectivity index is 1.48. The highest BCUT2D eigenvalue weighted by molar-refractivity contribution is 5.94. The van der Waals surface area contributed by atoms with Crippen LogP contribution in [0.25, 0.3) is 11.3 Å². The van der Waals surface area contributed by atoms with Gasteiger partial charge in [0.1, 0.15) is 6.61 Å². The van der Waals surface area contributed by atoms with Gasteiger partial charge < -0.3 is 10.1 Å². The summed E-state index contributed by atoms with van der Waals surface area (Å²) in [5.41, 5.74) is 2.97. The molecule has 1 heterocycles. The summed E-state index contributed by atoms with van der Waals surface area (Å²) in [7, 11) is 0. The summed E-state index contributed by atoms with van der Waals surface area (Å²) in [6.45, 7) is 2.44. The highest BCUT2D eigenvalue weighted by atomic mass is 16.6. The van der Waals surface area contributed by atoms with Gasteiger partial charge in [-0.1, -0.05) is 35.9 Å². The fraction of sp³-hybridized carbons (Fsp3) is 0.150. The van der Waals surface area contributed by atoms with E-state index in [1.807, 2.05) is 37.3 Å². The van der Waals surface area contributed by atoms with Gasteiger partial charge in [-0.2, -0.15) is 0 Å². The lowest BCUT2D eigenvalue weighted by atomic mass is 10.1. The topological polar surface area (TPSA) is 107 Å². The highest BCUT2D eigenvalue weighted by Crippen LogP contribution is 2.18. The van der Waals surface area contributed by atoms with Crippen LogP contribution in [0.5, 0.6) is 5.88 Å². The van der Waals surface area contributed by atoms with Gasteiger partial charge in [0.25, 0.3) is 11.6 Å². The molecule has 0 aliphatic heterocycles. The molecule has 0 radical (unpaired) electrons. The quantitative estimate of drug-likeness (QED) is 0.384. The largest absolute Gasteiger partial charge is 0.475 e. The molecule has 1 amide bonds. The average Bonchev–Trinajstić information content (AvgIpc) is 2.72. The Labute approximate surface area is 161 Å². The van der Waals surface area contributed by atoms with E-state index in [-0.39, 0.29) is 24.4 Å². The van der Waals surface area contributed by atoms with Gasteiger partial charge in [0.15, 0.2) is 0 Å². The molecule has 28 heavy (non-hydrogen) atoms. The lowest BCUT2D eigenvalue weighted by Gasteiger charge is -2.07. The first-order valence-corrected chi connectivity index (χ1v) is 8.59. The van der Waals surface area contributed by atoms with E-state index in [0.29, 0.717) is 5.88 Å². The van der Waals surface area contributed by atoms with E-state index in [2.05, 4.69) is 15.5 Å². The molecule has 0 atom stereocenters. The number of nitro benzene ring substituents is 1. The van der Waals surface area contributed by atoms with Crippen molar-refractivity contribution in [2.24, 2.45) is 0 Å². The number of non-ortho nitro benzene ring substituents is 1. The average molecular weight is 378 g/mol. The Hall–Kier alpha value is -3.81. The molecule has 1 aromatic heterocycles. The molecular formula is C20H18N4O4. The first kappa shape index (κ1) is 19.0. The molecule has 8 nitrogen and oxygen atoms in total. The zero-order chi connectivity index (χ0) is 19.9. The Bertz CT molecular complexity index is 972. The standard InChI is InChI=1S/C20H18N4O4/c1-14-5-7-15(8-6-14)18-9-10-19(23-22-18)28-12-11-21-20(25)16-3-2-4-17(13-16)24(26)27/h2-10,13H,11-12H2,1H3,(H,21,25). The molecule has 0 spiro atoms. The maximum atomic E-state index is 12.0. The third-order valence-corrected chi connectivity index (χ3v) is 3.94. The number of aromatic nitrogens is 2. The van der Waals surface area contributed by atoms with Gasteiger partial charge in [-0.15, -0.1) is 10.2 Å². The number of amides is 1. The van der Waals surface area contributed by atoms with E-state index >= 15 is 0 Å². The van der Waals surface area contributed by atoms with Crippen molar-refractivity contribution in [2.75, 3.05) is 13.2 Å². The van der Waals surface area contributed by atoms with E-state index in [4.69, 9.17) is 4.74 Å². The monoisotopic (exact) mass is 378 g/mol. The first-order chi connectivity index (χ1) is 13.5. The minimum absolute atomic E-state index is 0.132. The fourth-order valence-electron chi connectivity index (χ4n) is 2.46. The summed E-state index contributed by atoms with van der Waals surface area (Å²) in [6.07, 6.45) is 0. The van der Waals surface area contributed by atoms with Crippen LogP contribution in [-0.4, -0.2) is 34.2 Å². The normalized spacial score (nSPS) is 10.3. The predicted octanol–water partition coefficient (Wildman–Crippen LogP) is 3.17. The summed E-state index contributed by atoms with van der Waals surface area (Å²) in [6, 6.07) is 17.0. The number of aryl methyl sites for hydroxylation is 1. The van der Waals surface area contributed by atoms with Gasteiger partial charge in [0.05, 0.1) is 17.2 Å². The lowest BCUT2D eigenvalue weighted by molar-refractivity contribution is -0.384. The zero-order valence-electron chi connectivity index (χ0n) is 15.2. The van der Waals surface area contributed by atoms with Crippen molar-refractivity contribution < 1.29 is 14.5 Å². The number of benzene rings is 2. The molecule has 0 saturated carbocycles. The Kier molecular flexibility index (Phi) is 5.91. The van der Waals surface area contributed by atoms with Crippen LogP contribution < -0.4 is 10.1 Å². The molecule has 0 aliphatic rings. The second-order valence-corrected chi connectivity index (χ2v) is 6.03. The second kappa shape index (κ2) is 8.72. The number of nitro groups is 1. The zero-order valence-corrected chi connectivity index (χ0v) is 15.2. The lowest BCUT2D eigenvalue weighted by Crippen LogP contribution is -2.28. The van der Waals surface area contributed by atoms with Crippen LogP contribution in [0.2, 0.25) is 0 Å². The van der Waals surface area contributed by atoms with Gasteiger partial charge in [0.2, 0.25) is 5.88 Å². The molecule has 0 unspecified atom stereocenters.